The van der Waals surface area contributed by atoms with Crippen LogP contribution < -0.4 is 0 Å². The molecule has 0 N–H and O–H groups in total. The summed E-state index contributed by atoms with van der Waals surface area (Å²) in [5.74, 6) is 5.65. The topological polar surface area (TPSA) is 200 Å². The SMILES string of the molecule is N#Cc1cc(C#N)cc(-c2ccc(-c3cccc4cc(-c5ccc(-c6nc(-c7ccccc7)nc(-c7ccccc7)n6)cc5)ccc34)cc2)c1.[C-]#[N+]c1cc(C#N)cc(-c2ccc3ccc(-c4ccc(-c5nc(-c6ccccc6)nc(-c6ccccc6)n5)cc4)cc3c2)c1.[C-]#[N+]c1cc([N+]#[C-])cc(-c2cccc3ccc(-c4ccc(-c5nc(-c6ccccc6)nc(-c6ccccc6)n5)cc4)cc23)c1. The summed E-state index contributed by atoms with van der Waals surface area (Å²) in [7, 11) is 0. The predicted octanol–water partition coefficient (Wildman–Crippen LogP) is 31.0. The van der Waals surface area contributed by atoms with Gasteiger partial charge in [0.1, 0.15) is 0 Å². The molecule has 0 aliphatic heterocycles. The Kier molecular flexibility index (Phi) is 24.5. The molecule has 0 saturated heterocycles. The molecule has 0 radical (unpaired) electrons. The first kappa shape index (κ1) is 86.0. The van der Waals surface area contributed by atoms with Crippen molar-refractivity contribution in [2.45, 2.75) is 0 Å². The maximum atomic E-state index is 9.42. The Bertz CT molecular complexity index is 8380. The quantitative estimate of drug-likeness (QED) is 0.0830. The Balaban J connectivity index is 0.000000128. The monoisotopic (exact) mass is 1760 g/mol. The lowest BCUT2D eigenvalue weighted by Gasteiger charge is -2.11. The van der Waals surface area contributed by atoms with Crippen LogP contribution in [0.2, 0.25) is 0 Å². The zero-order valence-electron chi connectivity index (χ0n) is 73.9. The molecule has 3 aromatic heterocycles. The van der Waals surface area contributed by atoms with Crippen molar-refractivity contribution >= 4 is 49.4 Å². The molecule has 0 unspecified atom stereocenters. The van der Waals surface area contributed by atoms with Gasteiger partial charge in [0.25, 0.3) is 0 Å². The third kappa shape index (κ3) is 19.0. The van der Waals surface area contributed by atoms with Crippen LogP contribution in [-0.4, -0.2) is 44.9 Å². The van der Waals surface area contributed by atoms with E-state index in [0.29, 0.717) is 86.2 Å². The first-order valence-electron chi connectivity index (χ1n) is 44.4. The van der Waals surface area contributed by atoms with Crippen LogP contribution in [0.1, 0.15) is 16.7 Å². The Morgan fingerprint density at radius 3 is 0.768 bits per heavy atom. The van der Waals surface area contributed by atoms with Crippen LogP contribution in [0.25, 0.3) is 227 Å². The lowest BCUT2D eigenvalue weighted by Crippen LogP contribution is -2.00. The van der Waals surface area contributed by atoms with Gasteiger partial charge >= 0.3 is 0 Å². The molecule has 22 aromatic rings. The van der Waals surface area contributed by atoms with Gasteiger partial charge in [0.2, 0.25) is 0 Å². The molecule has 138 heavy (non-hydrogen) atoms. The fourth-order valence-electron chi connectivity index (χ4n) is 16.8. The summed E-state index contributed by atoms with van der Waals surface area (Å²) in [6.45, 7) is 22.4. The number of hydrogen-bond acceptors (Lipinski definition) is 12. The van der Waals surface area contributed by atoms with Crippen LogP contribution in [0.15, 0.2) is 443 Å². The van der Waals surface area contributed by atoms with Gasteiger partial charge in [-0.15, -0.1) is 0 Å². The van der Waals surface area contributed by atoms with Crippen molar-refractivity contribution in [2.24, 2.45) is 0 Å². The number of aromatic nitrogens is 9. The van der Waals surface area contributed by atoms with Gasteiger partial charge in [0.05, 0.1) is 49.1 Å². The van der Waals surface area contributed by atoms with Crippen molar-refractivity contribution in [3.63, 3.8) is 0 Å². The molecule has 0 aliphatic rings. The second-order valence-corrected chi connectivity index (χ2v) is 32.7. The molecular weight excluding hydrogens is 1690 g/mol. The van der Waals surface area contributed by atoms with Crippen LogP contribution in [0.3, 0.4) is 0 Å². The van der Waals surface area contributed by atoms with Gasteiger partial charge < -0.3 is 0 Å². The molecule has 0 bridgehead atoms. The maximum absolute atomic E-state index is 9.42. The highest BCUT2D eigenvalue weighted by Gasteiger charge is 2.20. The zero-order valence-corrected chi connectivity index (χ0v) is 73.9. The minimum absolute atomic E-state index is 0.456. The predicted molar refractivity (Wildman–Crippen MR) is 552 cm³/mol. The second-order valence-electron chi connectivity index (χ2n) is 32.7. The molecule has 0 aliphatic carbocycles. The maximum Gasteiger partial charge on any atom is 0.189 e. The van der Waals surface area contributed by atoms with E-state index in [9.17, 15) is 15.8 Å². The van der Waals surface area contributed by atoms with Gasteiger partial charge in [-0.3, -0.25) is 0 Å². The van der Waals surface area contributed by atoms with E-state index in [1.807, 2.05) is 273 Å². The van der Waals surface area contributed by atoms with Crippen molar-refractivity contribution in [3.05, 3.63) is 494 Å². The molecule has 0 saturated carbocycles. The van der Waals surface area contributed by atoms with Gasteiger partial charge in [0.15, 0.2) is 69.5 Å². The number of nitriles is 3. The van der Waals surface area contributed by atoms with Crippen molar-refractivity contribution in [3.8, 4) is 199 Å². The average Bonchev–Trinajstić information content (AvgIpc) is 0.784. The summed E-state index contributed by atoms with van der Waals surface area (Å²) in [5.41, 5.74) is 25.3. The Hall–Kier alpha value is -20.1. The second kappa shape index (κ2) is 39.3. The molecule has 15 nitrogen and oxygen atoms in total. The number of fused-ring (bicyclic) bond motifs is 3. The minimum atomic E-state index is 0.456. The molecule has 0 spiro atoms. The third-order valence-corrected chi connectivity index (χ3v) is 23.8. The highest BCUT2D eigenvalue weighted by atomic mass is 15.1. The molecule has 640 valence electrons. The van der Waals surface area contributed by atoms with E-state index in [-0.39, 0.29) is 0 Å². The number of benzene rings is 19. The van der Waals surface area contributed by atoms with Gasteiger partial charge in [0, 0.05) is 55.6 Å². The summed E-state index contributed by atoms with van der Waals surface area (Å²) < 4.78 is 0. The largest absolute Gasteiger partial charge is 0.239 e. The molecule has 0 amide bonds. The normalized spacial score (nSPS) is 10.7. The van der Waals surface area contributed by atoms with E-state index in [1.165, 1.54) is 0 Å². The lowest BCUT2D eigenvalue weighted by atomic mass is 9.93. The molecule has 15 heteroatoms. The van der Waals surface area contributed by atoms with E-state index in [0.717, 1.165) is 160 Å². The van der Waals surface area contributed by atoms with Crippen LogP contribution in [0.4, 0.5) is 17.1 Å². The van der Waals surface area contributed by atoms with E-state index in [2.05, 4.69) is 184 Å². The summed E-state index contributed by atoms with van der Waals surface area (Å²) in [4.78, 5) is 54.2. The van der Waals surface area contributed by atoms with Crippen molar-refractivity contribution in [1.82, 2.24) is 44.9 Å². The van der Waals surface area contributed by atoms with Gasteiger partial charge in [-0.2, -0.15) is 15.8 Å². The Labute approximate surface area is 797 Å². The highest BCUT2D eigenvalue weighted by molar-refractivity contribution is 6.02. The smallest absolute Gasteiger partial charge is 0.189 e. The van der Waals surface area contributed by atoms with Crippen LogP contribution >= 0.6 is 0 Å². The van der Waals surface area contributed by atoms with E-state index < -0.39 is 0 Å². The van der Waals surface area contributed by atoms with Crippen LogP contribution in [-0.2, 0) is 0 Å². The summed E-state index contributed by atoms with van der Waals surface area (Å²) in [6, 6.07) is 153. The van der Waals surface area contributed by atoms with Gasteiger partial charge in [-0.05, 0) is 171 Å². The first-order valence-corrected chi connectivity index (χ1v) is 44.4. The average molecular weight is 1760 g/mol. The fourth-order valence-corrected chi connectivity index (χ4v) is 16.8. The summed E-state index contributed by atoms with van der Waals surface area (Å²) >= 11 is 0. The highest BCUT2D eigenvalue weighted by Crippen LogP contribution is 2.41. The fraction of sp³-hybridized carbons (Fsp3) is 0. The van der Waals surface area contributed by atoms with Crippen LogP contribution in [0.5, 0.6) is 0 Å². The molecule has 22 rings (SSSR count). The van der Waals surface area contributed by atoms with Crippen LogP contribution in [0, 0.1) is 53.7 Å². The Morgan fingerprint density at radius 1 is 0.159 bits per heavy atom. The summed E-state index contributed by atoms with van der Waals surface area (Å²) in [6.07, 6.45) is 0. The summed E-state index contributed by atoms with van der Waals surface area (Å²) in [5, 5.41) is 34.9. The van der Waals surface area contributed by atoms with E-state index in [1.54, 1.807) is 18.2 Å². The molecule has 0 atom stereocenters. The Morgan fingerprint density at radius 2 is 0.413 bits per heavy atom. The van der Waals surface area contributed by atoms with E-state index >= 15 is 0 Å². The van der Waals surface area contributed by atoms with Gasteiger partial charge in [-0.1, -0.05) is 382 Å². The lowest BCUT2D eigenvalue weighted by molar-refractivity contribution is 1.07. The number of hydrogen-bond donors (Lipinski definition) is 0. The molecule has 19 aromatic carbocycles. The van der Waals surface area contributed by atoms with Crippen molar-refractivity contribution < 1.29 is 0 Å². The first-order chi connectivity index (χ1) is 68.0. The molecule has 0 fully saturated rings. The molecule has 3 heterocycles. The number of rotatable bonds is 16. The number of nitrogens with zero attached hydrogens (tertiary/aromatic N) is 15. The third-order valence-electron chi connectivity index (χ3n) is 23.8. The molecular formula is C123H73N15. The van der Waals surface area contributed by atoms with Crippen molar-refractivity contribution in [1.29, 1.82) is 15.8 Å². The zero-order chi connectivity index (χ0) is 93.6. The minimum Gasteiger partial charge on any atom is -0.239 e. The van der Waals surface area contributed by atoms with E-state index in [4.69, 9.17) is 64.6 Å². The van der Waals surface area contributed by atoms with Crippen molar-refractivity contribution in [2.75, 3.05) is 0 Å². The standard InChI is InChI=1S/C45H27N5.2C39H23N5/c46-28-30-24-31(29-47)26-40(25-30)33-14-18-34(19-15-33)41-13-7-12-39-27-38(22-23-42(39)41)32-16-20-37(21-17-32)45-49-43(35-8-3-1-4-9-35)48-44(50-45)36-10-5-2-6-11-36;1-40-33-22-32(23-34(25-33)41-2)35-15-9-14-27-18-21-31(24-36(27)35)26-16-19-30(20-17-26)39-43-37(28-10-5-3-6-11-28)42-38(44-39)29-12-7-4-8-13-29;1-41-36-21-26(25-40)20-34(24-36)33-19-15-28-14-18-32(22-35(28)23-33)27-12-16-31(17-13-27)39-43-37(29-8-4-2-5-9-29)42-38(44-39)30-10-6-3-7-11-30/h1-27H;3-25H;2-24H. The van der Waals surface area contributed by atoms with Gasteiger partial charge in [-0.25, -0.2) is 59.4 Å².